The number of hydrogen-bond donors (Lipinski definition) is 2. The molecule has 1 aromatic heterocycles. The fourth-order valence-corrected chi connectivity index (χ4v) is 6.35. The summed E-state index contributed by atoms with van der Waals surface area (Å²) in [6.07, 6.45) is 10.2. The number of rotatable bonds is 5. The summed E-state index contributed by atoms with van der Waals surface area (Å²) in [7, 11) is -3.75. The van der Waals surface area contributed by atoms with Crippen molar-refractivity contribution >= 4 is 21.8 Å². The lowest BCUT2D eigenvalue weighted by atomic mass is 9.98. The Bertz CT molecular complexity index is 869. The second-order valence-corrected chi connectivity index (χ2v) is 10.7. The van der Waals surface area contributed by atoms with Gasteiger partial charge >= 0.3 is 0 Å². The number of likely N-dealkylation sites (tertiary alicyclic amines) is 1. The first-order valence-corrected chi connectivity index (χ1v) is 12.7. The van der Waals surface area contributed by atoms with Crippen LogP contribution >= 0.6 is 0 Å². The van der Waals surface area contributed by atoms with Crippen molar-refractivity contribution in [1.29, 1.82) is 0 Å². The number of aromatic nitrogens is 1. The van der Waals surface area contributed by atoms with E-state index in [4.69, 9.17) is 0 Å². The lowest BCUT2D eigenvalue weighted by molar-refractivity contribution is -0.126. The number of H-pyrrole nitrogens is 1. The Morgan fingerprint density at radius 1 is 0.967 bits per heavy atom. The Balaban J connectivity index is 1.41. The Kier molecular flexibility index (Phi) is 6.48. The average molecular weight is 437 g/mol. The standard InChI is InChI=1S/C21H32N4O4S/c26-20(23-17-8-2-3-9-17)16-7-6-12-25(15-16)30(28,29)18-13-19(22-14-18)21(27)24-10-4-1-5-11-24/h13-14,16-17,22H,1-12,15H2,(H,23,26). The third kappa shape index (κ3) is 4.56. The van der Waals surface area contributed by atoms with Gasteiger partial charge in [0, 0.05) is 38.4 Å². The summed E-state index contributed by atoms with van der Waals surface area (Å²) in [5.74, 6) is -0.497. The number of hydrogen-bond acceptors (Lipinski definition) is 4. The molecule has 0 bridgehead atoms. The number of carbonyl (C=O) groups is 2. The number of sulfonamides is 1. The van der Waals surface area contributed by atoms with E-state index in [0.717, 1.165) is 44.9 Å². The van der Waals surface area contributed by atoms with E-state index in [1.165, 1.54) is 16.6 Å². The minimum absolute atomic E-state index is 0.0307. The first-order chi connectivity index (χ1) is 14.4. The van der Waals surface area contributed by atoms with Gasteiger partial charge in [-0.15, -0.1) is 0 Å². The molecule has 3 heterocycles. The number of amides is 2. The highest BCUT2D eigenvalue weighted by molar-refractivity contribution is 7.89. The topological polar surface area (TPSA) is 103 Å². The van der Waals surface area contributed by atoms with E-state index in [-0.39, 0.29) is 35.2 Å². The molecule has 2 saturated heterocycles. The van der Waals surface area contributed by atoms with Crippen molar-refractivity contribution in [1.82, 2.24) is 19.5 Å². The molecule has 3 fully saturated rings. The number of nitrogens with one attached hydrogen (secondary N) is 2. The largest absolute Gasteiger partial charge is 0.356 e. The highest BCUT2D eigenvalue weighted by atomic mass is 32.2. The van der Waals surface area contributed by atoms with Gasteiger partial charge in [0.15, 0.2) is 0 Å². The van der Waals surface area contributed by atoms with Crippen LogP contribution in [-0.2, 0) is 14.8 Å². The van der Waals surface area contributed by atoms with Crippen molar-refractivity contribution in [2.45, 2.75) is 68.7 Å². The Morgan fingerprint density at radius 2 is 1.70 bits per heavy atom. The first kappa shape index (κ1) is 21.4. The van der Waals surface area contributed by atoms with Crippen molar-refractivity contribution in [3.63, 3.8) is 0 Å². The molecule has 1 unspecified atom stereocenters. The van der Waals surface area contributed by atoms with Crippen LogP contribution in [-0.4, -0.2) is 66.6 Å². The highest BCUT2D eigenvalue weighted by Crippen LogP contribution is 2.26. The van der Waals surface area contributed by atoms with Gasteiger partial charge in [-0.25, -0.2) is 8.42 Å². The molecule has 0 spiro atoms. The zero-order valence-electron chi connectivity index (χ0n) is 17.4. The number of nitrogens with zero attached hydrogens (tertiary/aromatic N) is 2. The molecule has 4 rings (SSSR count). The van der Waals surface area contributed by atoms with Crippen LogP contribution in [0.1, 0.15) is 68.3 Å². The van der Waals surface area contributed by atoms with E-state index in [1.54, 1.807) is 4.90 Å². The van der Waals surface area contributed by atoms with Crippen LogP contribution in [0, 0.1) is 5.92 Å². The van der Waals surface area contributed by atoms with E-state index in [0.29, 0.717) is 38.2 Å². The molecule has 3 aliphatic rings. The van der Waals surface area contributed by atoms with Crippen LogP contribution in [0.25, 0.3) is 0 Å². The summed E-state index contributed by atoms with van der Waals surface area (Å²) in [5, 5.41) is 3.10. The van der Waals surface area contributed by atoms with Crippen molar-refractivity contribution in [2.75, 3.05) is 26.2 Å². The molecule has 2 amide bonds. The van der Waals surface area contributed by atoms with Gasteiger partial charge in [0.2, 0.25) is 15.9 Å². The van der Waals surface area contributed by atoms with Gasteiger partial charge in [0.05, 0.1) is 5.92 Å². The second kappa shape index (κ2) is 9.09. The molecule has 0 aromatic carbocycles. The molecule has 9 heteroatoms. The fraction of sp³-hybridized carbons (Fsp3) is 0.714. The van der Waals surface area contributed by atoms with E-state index < -0.39 is 10.0 Å². The zero-order valence-corrected chi connectivity index (χ0v) is 18.3. The van der Waals surface area contributed by atoms with Gasteiger partial charge in [0.1, 0.15) is 10.6 Å². The smallest absolute Gasteiger partial charge is 0.270 e. The van der Waals surface area contributed by atoms with Crippen LogP contribution in [0.4, 0.5) is 0 Å². The fourth-order valence-electron chi connectivity index (χ4n) is 4.83. The predicted octanol–water partition coefficient (Wildman–Crippen LogP) is 2.10. The SMILES string of the molecule is O=C(NC1CCCC1)C1CCCN(S(=O)(=O)c2c[nH]c(C(=O)N3CCCCC3)c2)C1. The van der Waals surface area contributed by atoms with E-state index >= 15 is 0 Å². The van der Waals surface area contributed by atoms with E-state index in [9.17, 15) is 18.0 Å². The molecule has 8 nitrogen and oxygen atoms in total. The first-order valence-electron chi connectivity index (χ1n) is 11.2. The van der Waals surface area contributed by atoms with Gasteiger partial charge in [-0.05, 0) is 51.0 Å². The number of piperidine rings is 2. The molecule has 1 atom stereocenters. The lowest BCUT2D eigenvalue weighted by Gasteiger charge is -2.31. The summed E-state index contributed by atoms with van der Waals surface area (Å²) in [5.41, 5.74) is 0.308. The summed E-state index contributed by atoms with van der Waals surface area (Å²) < 4.78 is 27.7. The average Bonchev–Trinajstić information content (AvgIpc) is 3.46. The van der Waals surface area contributed by atoms with E-state index in [1.807, 2.05) is 0 Å². The van der Waals surface area contributed by atoms with E-state index in [2.05, 4.69) is 10.3 Å². The Hall–Kier alpha value is -1.87. The monoisotopic (exact) mass is 436 g/mol. The maximum atomic E-state index is 13.2. The lowest BCUT2D eigenvalue weighted by Crippen LogP contribution is -2.47. The van der Waals surface area contributed by atoms with Gasteiger partial charge < -0.3 is 15.2 Å². The number of carbonyl (C=O) groups excluding carboxylic acids is 2. The number of aromatic amines is 1. The van der Waals surface area contributed by atoms with Crippen molar-refractivity contribution in [2.24, 2.45) is 5.92 Å². The van der Waals surface area contributed by atoms with Gasteiger partial charge in [0.25, 0.3) is 5.91 Å². The van der Waals surface area contributed by atoms with Crippen molar-refractivity contribution < 1.29 is 18.0 Å². The molecular formula is C21H32N4O4S. The van der Waals surface area contributed by atoms with Crippen molar-refractivity contribution in [3.05, 3.63) is 18.0 Å². The zero-order chi connectivity index (χ0) is 21.1. The van der Waals surface area contributed by atoms with Gasteiger partial charge in [-0.1, -0.05) is 12.8 Å². The minimum atomic E-state index is -3.75. The van der Waals surface area contributed by atoms with Crippen LogP contribution in [0.5, 0.6) is 0 Å². The van der Waals surface area contributed by atoms with Crippen LogP contribution in [0.2, 0.25) is 0 Å². The Morgan fingerprint density at radius 3 is 2.43 bits per heavy atom. The molecule has 1 aromatic rings. The summed E-state index contributed by atoms with van der Waals surface area (Å²) in [4.78, 5) is 30.0. The predicted molar refractivity (Wildman–Crippen MR) is 112 cm³/mol. The quantitative estimate of drug-likeness (QED) is 0.738. The maximum absolute atomic E-state index is 13.2. The summed E-state index contributed by atoms with van der Waals surface area (Å²) >= 11 is 0. The molecule has 1 aliphatic carbocycles. The molecule has 30 heavy (non-hydrogen) atoms. The molecule has 0 radical (unpaired) electrons. The van der Waals surface area contributed by atoms with Crippen molar-refractivity contribution in [3.8, 4) is 0 Å². The normalized spacial score (nSPS) is 24.1. The van der Waals surface area contributed by atoms with Crippen LogP contribution in [0.15, 0.2) is 17.2 Å². The third-order valence-electron chi connectivity index (χ3n) is 6.62. The Labute approximate surface area is 178 Å². The third-order valence-corrected chi connectivity index (χ3v) is 8.47. The highest BCUT2D eigenvalue weighted by Gasteiger charge is 2.35. The molecular weight excluding hydrogens is 404 g/mol. The maximum Gasteiger partial charge on any atom is 0.270 e. The van der Waals surface area contributed by atoms with Gasteiger partial charge in [-0.2, -0.15) is 4.31 Å². The second-order valence-electron chi connectivity index (χ2n) is 8.79. The van der Waals surface area contributed by atoms with Crippen LogP contribution < -0.4 is 5.32 Å². The summed E-state index contributed by atoms with van der Waals surface area (Å²) in [6, 6.07) is 1.67. The molecule has 166 valence electrons. The van der Waals surface area contributed by atoms with Gasteiger partial charge in [-0.3, -0.25) is 9.59 Å². The molecule has 2 N–H and O–H groups in total. The molecule has 2 aliphatic heterocycles. The summed E-state index contributed by atoms with van der Waals surface area (Å²) in [6.45, 7) is 2.02. The molecule has 1 saturated carbocycles. The minimum Gasteiger partial charge on any atom is -0.356 e. The van der Waals surface area contributed by atoms with Crippen LogP contribution in [0.3, 0.4) is 0 Å².